The van der Waals surface area contributed by atoms with E-state index in [0.717, 1.165) is 19.4 Å². The summed E-state index contributed by atoms with van der Waals surface area (Å²) in [6.07, 6.45) is 1.89. The summed E-state index contributed by atoms with van der Waals surface area (Å²) < 4.78 is 26.2. The van der Waals surface area contributed by atoms with E-state index in [-0.39, 0.29) is 5.25 Å². The van der Waals surface area contributed by atoms with Crippen LogP contribution in [0.2, 0.25) is 0 Å². The molecular formula is C12H29N3O2S. The average molecular weight is 279 g/mol. The Balaban J connectivity index is 3.78. The Kier molecular flexibility index (Phi) is 8.77. The van der Waals surface area contributed by atoms with Crippen molar-refractivity contribution >= 4 is 10.0 Å². The monoisotopic (exact) mass is 279 g/mol. The zero-order valence-electron chi connectivity index (χ0n) is 12.4. The van der Waals surface area contributed by atoms with Crippen molar-refractivity contribution in [1.29, 1.82) is 0 Å². The molecule has 0 fully saturated rings. The molecule has 5 nitrogen and oxygen atoms in total. The van der Waals surface area contributed by atoms with Gasteiger partial charge in [-0.2, -0.15) is 0 Å². The smallest absolute Gasteiger partial charge is 0.215 e. The summed E-state index contributed by atoms with van der Waals surface area (Å²) in [5.41, 5.74) is 0. The van der Waals surface area contributed by atoms with Gasteiger partial charge in [0, 0.05) is 19.1 Å². The van der Waals surface area contributed by atoms with Gasteiger partial charge in [0.25, 0.3) is 0 Å². The molecule has 0 bridgehead atoms. The first-order valence-electron chi connectivity index (χ1n) is 6.64. The molecular weight excluding hydrogens is 250 g/mol. The van der Waals surface area contributed by atoms with Crippen molar-refractivity contribution in [3.8, 4) is 0 Å². The Hall–Kier alpha value is -0.170. The lowest BCUT2D eigenvalue weighted by molar-refractivity contribution is 0.268. The molecule has 1 unspecified atom stereocenters. The largest absolute Gasteiger partial charge is 0.318 e. The van der Waals surface area contributed by atoms with E-state index in [9.17, 15) is 8.42 Å². The zero-order valence-corrected chi connectivity index (χ0v) is 13.2. The topological polar surface area (TPSA) is 61.4 Å². The predicted octanol–water partition coefficient (Wildman–Crippen LogP) is 0.634. The van der Waals surface area contributed by atoms with Crippen molar-refractivity contribution in [1.82, 2.24) is 14.9 Å². The van der Waals surface area contributed by atoms with E-state index in [1.54, 1.807) is 14.0 Å². The van der Waals surface area contributed by atoms with Gasteiger partial charge in [-0.25, -0.2) is 13.1 Å². The van der Waals surface area contributed by atoms with Crippen molar-refractivity contribution in [3.63, 3.8) is 0 Å². The summed E-state index contributed by atoms with van der Waals surface area (Å²) in [6.45, 7) is 8.04. The van der Waals surface area contributed by atoms with E-state index in [4.69, 9.17) is 0 Å². The van der Waals surface area contributed by atoms with Crippen LogP contribution in [0.15, 0.2) is 0 Å². The van der Waals surface area contributed by atoms with Crippen molar-refractivity contribution in [3.05, 3.63) is 0 Å². The normalized spacial score (nSPS) is 14.4. The van der Waals surface area contributed by atoms with Crippen molar-refractivity contribution < 1.29 is 8.42 Å². The highest BCUT2D eigenvalue weighted by molar-refractivity contribution is 7.90. The maximum atomic E-state index is 11.8. The summed E-state index contributed by atoms with van der Waals surface area (Å²) >= 11 is 0. The molecule has 18 heavy (non-hydrogen) atoms. The summed E-state index contributed by atoms with van der Waals surface area (Å²) in [4.78, 5) is 2.26. The molecule has 0 heterocycles. The lowest BCUT2D eigenvalue weighted by Gasteiger charge is -2.20. The quantitative estimate of drug-likeness (QED) is 0.576. The summed E-state index contributed by atoms with van der Waals surface area (Å²) in [6, 6.07) is 0.539. The van der Waals surface area contributed by atoms with Gasteiger partial charge in [-0.1, -0.05) is 0 Å². The Morgan fingerprint density at radius 1 is 1.17 bits per heavy atom. The van der Waals surface area contributed by atoms with Crippen LogP contribution >= 0.6 is 0 Å². The molecule has 0 rings (SSSR count). The van der Waals surface area contributed by atoms with Crippen LogP contribution in [-0.4, -0.2) is 58.3 Å². The molecule has 0 saturated heterocycles. The standard InChI is InChI=1S/C12H29N3O2S/c1-11(2)15(5)9-7-6-8-14-18(16,17)12(3)10-13-4/h11-14H,6-10H2,1-5H3. The molecule has 0 spiro atoms. The SMILES string of the molecule is CNCC(C)S(=O)(=O)NCCCCN(C)C(C)C. The van der Waals surface area contributed by atoms with Crippen LogP contribution in [0.5, 0.6) is 0 Å². The number of hydrogen-bond donors (Lipinski definition) is 2. The number of rotatable bonds is 10. The van der Waals surface area contributed by atoms with Gasteiger partial charge in [-0.15, -0.1) is 0 Å². The second-order valence-electron chi connectivity index (χ2n) is 5.09. The van der Waals surface area contributed by atoms with Crippen molar-refractivity contribution in [2.45, 2.75) is 44.9 Å². The molecule has 0 saturated carbocycles. The van der Waals surface area contributed by atoms with Crippen molar-refractivity contribution in [2.24, 2.45) is 0 Å². The molecule has 0 aliphatic rings. The molecule has 0 aromatic carbocycles. The first kappa shape index (κ1) is 17.8. The molecule has 0 amide bonds. The molecule has 0 aliphatic heterocycles. The van der Waals surface area contributed by atoms with Crippen molar-refractivity contribution in [2.75, 3.05) is 33.7 Å². The number of hydrogen-bond acceptors (Lipinski definition) is 4. The van der Waals surface area contributed by atoms with Crippen LogP contribution in [-0.2, 0) is 10.0 Å². The fourth-order valence-electron chi connectivity index (χ4n) is 1.50. The van der Waals surface area contributed by atoms with E-state index in [1.807, 2.05) is 0 Å². The number of nitrogens with one attached hydrogen (secondary N) is 2. The lowest BCUT2D eigenvalue weighted by atomic mass is 10.2. The van der Waals surface area contributed by atoms with E-state index >= 15 is 0 Å². The molecule has 110 valence electrons. The highest BCUT2D eigenvalue weighted by atomic mass is 32.2. The van der Waals surface area contributed by atoms with Gasteiger partial charge in [-0.3, -0.25) is 0 Å². The van der Waals surface area contributed by atoms with Gasteiger partial charge in [-0.05, 0) is 54.3 Å². The Morgan fingerprint density at radius 3 is 2.28 bits per heavy atom. The fourth-order valence-corrected chi connectivity index (χ4v) is 2.60. The Labute approximate surface area is 112 Å². The Bertz CT molecular complexity index is 304. The third-order valence-electron chi connectivity index (χ3n) is 3.14. The van der Waals surface area contributed by atoms with E-state index in [0.29, 0.717) is 19.1 Å². The van der Waals surface area contributed by atoms with E-state index in [1.165, 1.54) is 0 Å². The zero-order chi connectivity index (χ0) is 14.2. The highest BCUT2D eigenvalue weighted by Gasteiger charge is 2.18. The van der Waals surface area contributed by atoms with Gasteiger partial charge in [0.2, 0.25) is 10.0 Å². The highest BCUT2D eigenvalue weighted by Crippen LogP contribution is 2.00. The second-order valence-corrected chi connectivity index (χ2v) is 7.27. The van der Waals surface area contributed by atoms with Gasteiger partial charge in [0.15, 0.2) is 0 Å². The van der Waals surface area contributed by atoms with Crippen LogP contribution in [0.3, 0.4) is 0 Å². The van der Waals surface area contributed by atoms with Crippen LogP contribution in [0.25, 0.3) is 0 Å². The Morgan fingerprint density at radius 2 is 1.78 bits per heavy atom. The molecule has 0 aromatic rings. The molecule has 0 radical (unpaired) electrons. The molecule has 6 heteroatoms. The van der Waals surface area contributed by atoms with Gasteiger partial charge >= 0.3 is 0 Å². The van der Waals surface area contributed by atoms with Gasteiger partial charge in [0.1, 0.15) is 0 Å². The third kappa shape index (κ3) is 7.31. The summed E-state index contributed by atoms with van der Waals surface area (Å²) in [5.74, 6) is 0. The molecule has 0 aromatic heterocycles. The van der Waals surface area contributed by atoms with E-state index in [2.05, 4.69) is 35.8 Å². The number of unbranched alkanes of at least 4 members (excludes halogenated alkanes) is 1. The molecule has 1 atom stereocenters. The van der Waals surface area contributed by atoms with Crippen LogP contribution in [0.4, 0.5) is 0 Å². The fraction of sp³-hybridized carbons (Fsp3) is 1.00. The number of nitrogens with zero attached hydrogens (tertiary/aromatic N) is 1. The predicted molar refractivity (Wildman–Crippen MR) is 77.3 cm³/mol. The minimum Gasteiger partial charge on any atom is -0.318 e. The summed E-state index contributed by atoms with van der Waals surface area (Å²) in [5, 5.41) is 2.49. The molecule has 2 N–H and O–H groups in total. The number of sulfonamides is 1. The first-order chi connectivity index (χ1) is 8.31. The molecule has 0 aliphatic carbocycles. The van der Waals surface area contributed by atoms with Gasteiger partial charge in [0.05, 0.1) is 5.25 Å². The minimum absolute atomic E-state index is 0.388. The van der Waals surface area contributed by atoms with Gasteiger partial charge < -0.3 is 10.2 Å². The lowest BCUT2D eigenvalue weighted by Crippen LogP contribution is -2.38. The summed E-state index contributed by atoms with van der Waals surface area (Å²) in [7, 11) is 0.679. The third-order valence-corrected chi connectivity index (χ3v) is 4.98. The van der Waals surface area contributed by atoms with E-state index < -0.39 is 10.0 Å². The minimum atomic E-state index is -3.17. The first-order valence-corrected chi connectivity index (χ1v) is 8.19. The maximum Gasteiger partial charge on any atom is 0.215 e. The maximum absolute atomic E-state index is 11.8. The second kappa shape index (κ2) is 8.85. The average Bonchev–Trinajstić information content (AvgIpc) is 2.28. The van der Waals surface area contributed by atoms with Crippen LogP contribution in [0.1, 0.15) is 33.6 Å². The van der Waals surface area contributed by atoms with Crippen LogP contribution in [0, 0.1) is 0 Å². The van der Waals surface area contributed by atoms with Crippen LogP contribution < -0.4 is 10.0 Å².